The normalized spacial score (nSPS) is 30.6. The molecule has 0 radical (unpaired) electrons. The lowest BCUT2D eigenvalue weighted by molar-refractivity contribution is 0.00578. The molecule has 0 unspecified atom stereocenters. The van der Waals surface area contributed by atoms with Crippen LogP contribution in [0.1, 0.15) is 41.5 Å². The fourth-order valence-electron chi connectivity index (χ4n) is 2.02. The van der Waals surface area contributed by atoms with Gasteiger partial charge in [0.1, 0.15) is 0 Å². The summed E-state index contributed by atoms with van der Waals surface area (Å²) >= 11 is 0. The van der Waals surface area contributed by atoms with Gasteiger partial charge in [-0.1, -0.05) is 6.08 Å². The first kappa shape index (κ1) is 12.2. The van der Waals surface area contributed by atoms with Crippen molar-refractivity contribution in [2.24, 2.45) is 0 Å². The molecular weight excluding hydrogens is 203 g/mol. The first-order valence-corrected chi connectivity index (χ1v) is 5.86. The Morgan fingerprint density at radius 1 is 1.00 bits per heavy atom. The highest BCUT2D eigenvalue weighted by atomic mass is 16.7. The van der Waals surface area contributed by atoms with Crippen molar-refractivity contribution in [1.82, 2.24) is 0 Å². The van der Waals surface area contributed by atoms with Crippen LogP contribution in [0.4, 0.5) is 0 Å². The number of hydrogen-bond acceptors (Lipinski definition) is 3. The second-order valence-corrected chi connectivity index (χ2v) is 6.07. The van der Waals surface area contributed by atoms with E-state index in [9.17, 15) is 0 Å². The fraction of sp³-hybridized carbons (Fsp3) is 0.833. The molecule has 4 heteroatoms. The first-order chi connectivity index (χ1) is 7.16. The minimum absolute atomic E-state index is 0.275. The first-order valence-electron chi connectivity index (χ1n) is 5.86. The summed E-state index contributed by atoms with van der Waals surface area (Å²) in [6.07, 6.45) is 2.07. The van der Waals surface area contributed by atoms with E-state index < -0.39 is 0 Å². The van der Waals surface area contributed by atoms with E-state index in [-0.39, 0.29) is 23.9 Å². The van der Waals surface area contributed by atoms with Gasteiger partial charge in [-0.2, -0.15) is 0 Å². The smallest absolute Gasteiger partial charge is 0.399 e. The summed E-state index contributed by atoms with van der Waals surface area (Å²) in [4.78, 5) is 0. The van der Waals surface area contributed by atoms with Crippen LogP contribution in [0.2, 0.25) is 0 Å². The third kappa shape index (κ3) is 1.73. The molecule has 0 aromatic carbocycles. The van der Waals surface area contributed by atoms with Crippen molar-refractivity contribution in [3.63, 3.8) is 0 Å². The Morgan fingerprint density at radius 2 is 1.50 bits per heavy atom. The van der Waals surface area contributed by atoms with Crippen molar-refractivity contribution in [2.75, 3.05) is 6.61 Å². The van der Waals surface area contributed by atoms with Gasteiger partial charge >= 0.3 is 7.12 Å². The maximum atomic E-state index is 6.01. The SMILES string of the molecule is CC1(C)OCC=C1B1OC(C)(C)C(C)(C)O1. The van der Waals surface area contributed by atoms with Crippen LogP contribution in [-0.2, 0) is 14.0 Å². The fourth-order valence-corrected chi connectivity index (χ4v) is 2.02. The summed E-state index contributed by atoms with van der Waals surface area (Å²) in [6.45, 7) is 13.0. The lowest BCUT2D eigenvalue weighted by Gasteiger charge is -2.32. The molecule has 2 aliphatic rings. The van der Waals surface area contributed by atoms with Crippen molar-refractivity contribution >= 4 is 7.12 Å². The molecule has 90 valence electrons. The van der Waals surface area contributed by atoms with E-state index in [4.69, 9.17) is 14.0 Å². The molecule has 1 fully saturated rings. The predicted molar refractivity (Wildman–Crippen MR) is 64.2 cm³/mol. The van der Waals surface area contributed by atoms with Gasteiger partial charge in [0.2, 0.25) is 0 Å². The molecule has 16 heavy (non-hydrogen) atoms. The van der Waals surface area contributed by atoms with Crippen LogP contribution >= 0.6 is 0 Å². The number of hydrogen-bond donors (Lipinski definition) is 0. The molecule has 0 amide bonds. The minimum atomic E-state index is -0.281. The summed E-state index contributed by atoms with van der Waals surface area (Å²) in [6, 6.07) is 0. The third-order valence-corrected chi connectivity index (χ3v) is 3.95. The average molecular weight is 224 g/mol. The Hall–Kier alpha value is -0.315. The van der Waals surface area contributed by atoms with Crippen molar-refractivity contribution < 1.29 is 14.0 Å². The molecule has 2 heterocycles. The van der Waals surface area contributed by atoms with Crippen molar-refractivity contribution in [2.45, 2.75) is 58.3 Å². The van der Waals surface area contributed by atoms with Crippen LogP contribution in [-0.4, -0.2) is 30.5 Å². The van der Waals surface area contributed by atoms with Crippen molar-refractivity contribution in [3.8, 4) is 0 Å². The molecule has 2 rings (SSSR count). The lowest BCUT2D eigenvalue weighted by Crippen LogP contribution is -2.41. The third-order valence-electron chi connectivity index (χ3n) is 3.95. The quantitative estimate of drug-likeness (QED) is 0.640. The molecule has 0 spiro atoms. The minimum Gasteiger partial charge on any atom is -0.399 e. The van der Waals surface area contributed by atoms with Gasteiger partial charge in [-0.25, -0.2) is 0 Å². The van der Waals surface area contributed by atoms with Gasteiger partial charge in [-0.3, -0.25) is 0 Å². The second kappa shape index (κ2) is 3.34. The number of ether oxygens (including phenoxy) is 1. The van der Waals surface area contributed by atoms with Crippen molar-refractivity contribution in [3.05, 3.63) is 11.5 Å². The van der Waals surface area contributed by atoms with E-state index in [0.717, 1.165) is 5.47 Å². The summed E-state index contributed by atoms with van der Waals surface area (Å²) in [5.41, 5.74) is 0.265. The standard InChI is InChI=1S/C12H21BO3/c1-10(2)9(7-8-14-10)13-15-11(3,4)12(5,6)16-13/h7H,8H2,1-6H3. The van der Waals surface area contributed by atoms with Gasteiger partial charge in [0.25, 0.3) is 0 Å². The van der Waals surface area contributed by atoms with Crippen LogP contribution in [0.5, 0.6) is 0 Å². The van der Waals surface area contributed by atoms with Crippen LogP contribution < -0.4 is 0 Å². The highest BCUT2D eigenvalue weighted by molar-refractivity contribution is 6.55. The van der Waals surface area contributed by atoms with Gasteiger partial charge in [-0.15, -0.1) is 0 Å². The van der Waals surface area contributed by atoms with Crippen LogP contribution in [0.3, 0.4) is 0 Å². The molecule has 0 bridgehead atoms. The molecule has 3 nitrogen and oxygen atoms in total. The maximum absolute atomic E-state index is 6.01. The average Bonchev–Trinajstić information content (AvgIpc) is 2.50. The Morgan fingerprint density at radius 3 is 1.88 bits per heavy atom. The van der Waals surface area contributed by atoms with E-state index in [1.807, 2.05) is 0 Å². The van der Waals surface area contributed by atoms with E-state index in [0.29, 0.717) is 6.61 Å². The van der Waals surface area contributed by atoms with E-state index in [1.165, 1.54) is 0 Å². The van der Waals surface area contributed by atoms with Gasteiger partial charge in [0, 0.05) is 0 Å². The molecule has 0 aromatic rings. The molecular formula is C12H21BO3. The second-order valence-electron chi connectivity index (χ2n) is 6.07. The molecule has 0 saturated carbocycles. The zero-order chi connectivity index (χ0) is 12.2. The Kier molecular flexibility index (Phi) is 2.54. The summed E-state index contributed by atoms with van der Waals surface area (Å²) in [5.74, 6) is 0. The molecule has 0 N–H and O–H groups in total. The molecule has 2 aliphatic heterocycles. The molecule has 0 aliphatic carbocycles. The number of rotatable bonds is 1. The van der Waals surface area contributed by atoms with E-state index in [1.54, 1.807) is 0 Å². The molecule has 0 aromatic heterocycles. The van der Waals surface area contributed by atoms with Gasteiger partial charge in [0.05, 0.1) is 23.4 Å². The van der Waals surface area contributed by atoms with Crippen molar-refractivity contribution in [1.29, 1.82) is 0 Å². The van der Waals surface area contributed by atoms with Crippen LogP contribution in [0, 0.1) is 0 Å². The molecule has 1 saturated heterocycles. The Labute approximate surface area is 98.3 Å². The zero-order valence-electron chi connectivity index (χ0n) is 11.1. The lowest BCUT2D eigenvalue weighted by atomic mass is 9.70. The molecule has 0 atom stereocenters. The Bertz CT molecular complexity index is 315. The largest absolute Gasteiger partial charge is 0.493 e. The predicted octanol–water partition coefficient (Wildman–Crippen LogP) is 2.35. The van der Waals surface area contributed by atoms with Gasteiger partial charge in [0.15, 0.2) is 0 Å². The highest BCUT2D eigenvalue weighted by Crippen LogP contribution is 2.42. The van der Waals surface area contributed by atoms with Crippen LogP contribution in [0.15, 0.2) is 11.5 Å². The van der Waals surface area contributed by atoms with Crippen LogP contribution in [0.25, 0.3) is 0 Å². The highest BCUT2D eigenvalue weighted by Gasteiger charge is 2.55. The van der Waals surface area contributed by atoms with E-state index >= 15 is 0 Å². The summed E-state index contributed by atoms with van der Waals surface area (Å²) in [7, 11) is -0.275. The Balaban J connectivity index is 2.22. The summed E-state index contributed by atoms with van der Waals surface area (Å²) < 4.78 is 17.7. The zero-order valence-corrected chi connectivity index (χ0v) is 11.1. The van der Waals surface area contributed by atoms with Gasteiger partial charge < -0.3 is 14.0 Å². The maximum Gasteiger partial charge on any atom is 0.493 e. The summed E-state index contributed by atoms with van der Waals surface area (Å²) in [5, 5.41) is 0. The van der Waals surface area contributed by atoms with Gasteiger partial charge in [-0.05, 0) is 47.0 Å². The monoisotopic (exact) mass is 224 g/mol. The topological polar surface area (TPSA) is 27.7 Å². The van der Waals surface area contributed by atoms with E-state index in [2.05, 4.69) is 47.6 Å².